The molecular weight excluding hydrogens is 324 g/mol. The van der Waals surface area contributed by atoms with Crippen LogP contribution in [0.5, 0.6) is 5.75 Å². The van der Waals surface area contributed by atoms with Gasteiger partial charge in [-0.15, -0.1) is 0 Å². The molecule has 2 aromatic heterocycles. The first-order valence-corrected chi connectivity index (χ1v) is 8.32. The normalized spacial score (nSPS) is 10.6. The monoisotopic (exact) mass is 342 g/mol. The van der Waals surface area contributed by atoms with Gasteiger partial charge in [0.2, 0.25) is 0 Å². The Morgan fingerprint density at radius 1 is 0.885 bits per heavy atom. The van der Waals surface area contributed by atoms with E-state index < -0.39 is 0 Å². The second kappa shape index (κ2) is 7.11. The quantitative estimate of drug-likeness (QED) is 0.593. The molecule has 2 heterocycles. The zero-order chi connectivity index (χ0) is 17.8. The third kappa shape index (κ3) is 3.42. The van der Waals surface area contributed by atoms with Crippen LogP contribution in [0.25, 0.3) is 16.9 Å². The third-order valence-electron chi connectivity index (χ3n) is 4.05. The largest absolute Gasteiger partial charge is 0.489 e. The van der Waals surface area contributed by atoms with E-state index in [0.29, 0.717) is 12.3 Å². The van der Waals surface area contributed by atoms with Crippen molar-refractivity contribution in [3.63, 3.8) is 0 Å². The molecule has 2 N–H and O–H groups in total. The first-order valence-electron chi connectivity index (χ1n) is 8.32. The summed E-state index contributed by atoms with van der Waals surface area (Å²) >= 11 is 0. The summed E-state index contributed by atoms with van der Waals surface area (Å²) in [5.41, 5.74) is 10.5. The van der Waals surface area contributed by atoms with Gasteiger partial charge in [0.1, 0.15) is 18.1 Å². The van der Waals surface area contributed by atoms with Gasteiger partial charge in [-0.3, -0.25) is 4.98 Å². The van der Waals surface area contributed by atoms with Crippen molar-refractivity contribution in [1.82, 2.24) is 14.8 Å². The Morgan fingerprint density at radius 2 is 1.62 bits per heavy atom. The number of hydrogen-bond acceptors (Lipinski definition) is 4. The van der Waals surface area contributed by atoms with E-state index in [2.05, 4.69) is 10.1 Å². The molecule has 26 heavy (non-hydrogen) atoms. The maximum atomic E-state index is 6.15. The van der Waals surface area contributed by atoms with Gasteiger partial charge in [0.05, 0.1) is 17.6 Å². The number of rotatable bonds is 5. The van der Waals surface area contributed by atoms with E-state index in [1.54, 1.807) is 17.1 Å². The van der Waals surface area contributed by atoms with Crippen LogP contribution in [-0.4, -0.2) is 14.8 Å². The van der Waals surface area contributed by atoms with E-state index in [4.69, 9.17) is 10.5 Å². The lowest BCUT2D eigenvalue weighted by molar-refractivity contribution is 0.306. The Labute approximate surface area is 151 Å². The lowest BCUT2D eigenvalue weighted by atomic mass is 10.1. The second-order valence-electron chi connectivity index (χ2n) is 5.88. The van der Waals surface area contributed by atoms with Crippen molar-refractivity contribution in [2.75, 3.05) is 5.73 Å². The van der Waals surface area contributed by atoms with Crippen molar-refractivity contribution in [2.45, 2.75) is 6.61 Å². The van der Waals surface area contributed by atoms with Crippen molar-refractivity contribution >= 4 is 5.69 Å². The third-order valence-corrected chi connectivity index (χ3v) is 4.05. The average molecular weight is 342 g/mol. The smallest absolute Gasteiger partial charge is 0.119 e. The Kier molecular flexibility index (Phi) is 4.35. The standard InChI is InChI=1S/C21H18N4O/c22-20-14-25(18-10-12-23-13-11-18)24-21(20)17-6-8-19(9-7-17)26-15-16-4-2-1-3-5-16/h1-14H,15,22H2. The highest BCUT2D eigenvalue weighted by molar-refractivity contribution is 5.72. The predicted molar refractivity (Wildman–Crippen MR) is 102 cm³/mol. The zero-order valence-corrected chi connectivity index (χ0v) is 14.1. The van der Waals surface area contributed by atoms with Crippen molar-refractivity contribution in [3.05, 3.63) is 90.9 Å². The first-order chi connectivity index (χ1) is 12.8. The molecule has 0 saturated carbocycles. The minimum Gasteiger partial charge on any atom is -0.489 e. The lowest BCUT2D eigenvalue weighted by Gasteiger charge is -2.07. The van der Waals surface area contributed by atoms with Crippen molar-refractivity contribution < 1.29 is 4.74 Å². The fraction of sp³-hybridized carbons (Fsp3) is 0.0476. The molecule has 0 aliphatic carbocycles. The Morgan fingerprint density at radius 3 is 2.35 bits per heavy atom. The van der Waals surface area contributed by atoms with Crippen LogP contribution in [0.1, 0.15) is 5.56 Å². The molecule has 0 bridgehead atoms. The van der Waals surface area contributed by atoms with Crippen LogP contribution in [0.15, 0.2) is 85.3 Å². The number of nitrogens with two attached hydrogens (primary N) is 1. The topological polar surface area (TPSA) is 66.0 Å². The average Bonchev–Trinajstić information content (AvgIpc) is 3.10. The molecule has 2 aromatic carbocycles. The van der Waals surface area contributed by atoms with Crippen LogP contribution in [-0.2, 0) is 6.61 Å². The van der Waals surface area contributed by atoms with Gasteiger partial charge in [-0.25, -0.2) is 4.68 Å². The first kappa shape index (κ1) is 15.9. The summed E-state index contributed by atoms with van der Waals surface area (Å²) in [7, 11) is 0. The molecule has 0 aliphatic rings. The minimum absolute atomic E-state index is 0.541. The van der Waals surface area contributed by atoms with Gasteiger partial charge in [-0.1, -0.05) is 30.3 Å². The number of pyridine rings is 1. The lowest BCUT2D eigenvalue weighted by Crippen LogP contribution is -1.95. The Hall–Kier alpha value is -3.60. The molecule has 4 rings (SSSR count). The maximum absolute atomic E-state index is 6.15. The van der Waals surface area contributed by atoms with Crippen LogP contribution in [0.4, 0.5) is 5.69 Å². The van der Waals surface area contributed by atoms with Crippen LogP contribution < -0.4 is 10.5 Å². The maximum Gasteiger partial charge on any atom is 0.119 e. The van der Waals surface area contributed by atoms with E-state index in [0.717, 1.165) is 28.3 Å². The van der Waals surface area contributed by atoms with Gasteiger partial charge in [0.15, 0.2) is 0 Å². The Bertz CT molecular complexity index is 980. The van der Waals surface area contributed by atoms with Crippen LogP contribution in [0.3, 0.4) is 0 Å². The summed E-state index contributed by atoms with van der Waals surface area (Å²) < 4.78 is 7.58. The van der Waals surface area contributed by atoms with Crippen molar-refractivity contribution in [1.29, 1.82) is 0 Å². The van der Waals surface area contributed by atoms with Gasteiger partial charge >= 0.3 is 0 Å². The molecule has 4 aromatic rings. The van der Waals surface area contributed by atoms with Crippen LogP contribution in [0, 0.1) is 0 Å². The van der Waals surface area contributed by atoms with Crippen molar-refractivity contribution in [2.24, 2.45) is 0 Å². The van der Waals surface area contributed by atoms with Gasteiger partial charge in [0.25, 0.3) is 0 Å². The van der Waals surface area contributed by atoms with Crippen LogP contribution >= 0.6 is 0 Å². The molecule has 0 fully saturated rings. The fourth-order valence-corrected chi connectivity index (χ4v) is 2.69. The number of aromatic nitrogens is 3. The molecule has 0 saturated heterocycles. The summed E-state index contributed by atoms with van der Waals surface area (Å²) in [4.78, 5) is 4.02. The van der Waals surface area contributed by atoms with E-state index in [-0.39, 0.29) is 0 Å². The summed E-state index contributed by atoms with van der Waals surface area (Å²) in [6, 6.07) is 21.7. The van der Waals surface area contributed by atoms with Gasteiger partial charge < -0.3 is 10.5 Å². The Balaban J connectivity index is 1.51. The van der Waals surface area contributed by atoms with E-state index in [1.165, 1.54) is 0 Å². The van der Waals surface area contributed by atoms with E-state index >= 15 is 0 Å². The number of nitrogen functional groups attached to an aromatic ring is 1. The summed E-state index contributed by atoms with van der Waals surface area (Å²) in [6.45, 7) is 0.541. The predicted octanol–water partition coefficient (Wildman–Crippen LogP) is 4.10. The molecular formula is C21H18N4O. The molecule has 128 valence electrons. The van der Waals surface area contributed by atoms with Gasteiger partial charge in [-0.05, 0) is 42.0 Å². The SMILES string of the molecule is Nc1cn(-c2ccncc2)nc1-c1ccc(OCc2ccccc2)cc1. The molecule has 0 unspecified atom stereocenters. The summed E-state index contributed by atoms with van der Waals surface area (Å²) in [5, 5.41) is 4.60. The number of hydrogen-bond donors (Lipinski definition) is 1. The number of ether oxygens (including phenoxy) is 1. The summed E-state index contributed by atoms with van der Waals surface area (Å²) in [6.07, 6.45) is 5.27. The summed E-state index contributed by atoms with van der Waals surface area (Å²) in [5.74, 6) is 0.810. The minimum atomic E-state index is 0.541. The number of anilines is 1. The highest BCUT2D eigenvalue weighted by atomic mass is 16.5. The zero-order valence-electron chi connectivity index (χ0n) is 14.1. The highest BCUT2D eigenvalue weighted by Gasteiger charge is 2.10. The molecule has 0 spiro atoms. The number of benzene rings is 2. The molecule has 5 nitrogen and oxygen atoms in total. The van der Waals surface area contributed by atoms with E-state index in [9.17, 15) is 0 Å². The molecule has 0 aliphatic heterocycles. The molecule has 5 heteroatoms. The molecule has 0 atom stereocenters. The fourth-order valence-electron chi connectivity index (χ4n) is 2.69. The van der Waals surface area contributed by atoms with E-state index in [1.807, 2.05) is 72.9 Å². The molecule has 0 amide bonds. The van der Waals surface area contributed by atoms with Crippen LogP contribution in [0.2, 0.25) is 0 Å². The van der Waals surface area contributed by atoms with Gasteiger partial charge in [-0.2, -0.15) is 5.10 Å². The van der Waals surface area contributed by atoms with Crippen molar-refractivity contribution in [3.8, 4) is 22.7 Å². The molecule has 0 radical (unpaired) electrons. The van der Waals surface area contributed by atoms with Gasteiger partial charge in [0, 0.05) is 18.0 Å². The number of nitrogens with zero attached hydrogens (tertiary/aromatic N) is 3. The highest BCUT2D eigenvalue weighted by Crippen LogP contribution is 2.27. The second-order valence-corrected chi connectivity index (χ2v) is 5.88.